The van der Waals surface area contributed by atoms with Gasteiger partial charge in [0.25, 0.3) is 5.91 Å². The van der Waals surface area contributed by atoms with E-state index in [1.807, 2.05) is 53.7 Å². The molecule has 1 amide bonds. The Morgan fingerprint density at radius 1 is 1.12 bits per heavy atom. The molecule has 1 N–H and O–H groups in total. The summed E-state index contributed by atoms with van der Waals surface area (Å²) in [5, 5.41) is 2.04. The topological polar surface area (TPSA) is 79.4 Å². The standard InChI is InChI=1S/C26H29N3O3S2/c1-18-23(14-28-34(31,32)17-19-7-3-2-4-8-19)21-11-12-29(15-20(21)13-27-18)26(30)24-16-33-25-10-6-5-9-22(24)25/h2-4,7-8,13,16,28H,5-6,9-12,14-15,17H2,1H3. The molecule has 3 aromatic rings. The van der Waals surface area contributed by atoms with Crippen LogP contribution < -0.4 is 4.72 Å². The molecule has 0 spiro atoms. The predicted octanol–water partition coefficient (Wildman–Crippen LogP) is 4.15. The van der Waals surface area contributed by atoms with E-state index in [0.717, 1.165) is 52.8 Å². The lowest BCUT2D eigenvalue weighted by molar-refractivity contribution is 0.0733. The van der Waals surface area contributed by atoms with E-state index >= 15 is 0 Å². The van der Waals surface area contributed by atoms with Crippen molar-refractivity contribution >= 4 is 27.3 Å². The molecule has 34 heavy (non-hydrogen) atoms. The van der Waals surface area contributed by atoms with E-state index in [9.17, 15) is 13.2 Å². The zero-order valence-electron chi connectivity index (χ0n) is 19.3. The fourth-order valence-electron chi connectivity index (χ4n) is 5.00. The Kier molecular flexibility index (Phi) is 6.55. The number of aryl methyl sites for hydroxylation is 2. The van der Waals surface area contributed by atoms with Gasteiger partial charge in [0.15, 0.2) is 0 Å². The molecular formula is C26H29N3O3S2. The van der Waals surface area contributed by atoms with E-state index in [0.29, 0.717) is 19.5 Å². The summed E-state index contributed by atoms with van der Waals surface area (Å²) in [7, 11) is -3.48. The maximum Gasteiger partial charge on any atom is 0.255 e. The first-order chi connectivity index (χ1) is 16.4. The number of benzene rings is 1. The van der Waals surface area contributed by atoms with Crippen LogP contribution in [0.1, 0.15) is 61.6 Å². The van der Waals surface area contributed by atoms with E-state index in [4.69, 9.17) is 0 Å². The number of rotatable bonds is 6. The molecule has 0 fully saturated rings. The molecule has 1 aromatic carbocycles. The third kappa shape index (κ3) is 4.80. The first-order valence-electron chi connectivity index (χ1n) is 11.8. The van der Waals surface area contributed by atoms with Gasteiger partial charge in [-0.15, -0.1) is 11.3 Å². The maximum atomic E-state index is 13.3. The van der Waals surface area contributed by atoms with Crippen molar-refractivity contribution in [2.45, 2.75) is 57.9 Å². The largest absolute Gasteiger partial charge is 0.334 e. The first kappa shape index (κ1) is 23.2. The highest BCUT2D eigenvalue weighted by molar-refractivity contribution is 7.88. The van der Waals surface area contributed by atoms with Gasteiger partial charge in [0, 0.05) is 41.8 Å². The van der Waals surface area contributed by atoms with Crippen LogP contribution in [0.3, 0.4) is 0 Å². The minimum absolute atomic E-state index is 0.0530. The molecule has 178 valence electrons. The summed E-state index contributed by atoms with van der Waals surface area (Å²) >= 11 is 1.72. The molecule has 2 aromatic heterocycles. The Morgan fingerprint density at radius 3 is 2.74 bits per heavy atom. The molecule has 0 saturated carbocycles. The predicted molar refractivity (Wildman–Crippen MR) is 134 cm³/mol. The van der Waals surface area contributed by atoms with E-state index in [1.54, 1.807) is 11.3 Å². The van der Waals surface area contributed by atoms with Crippen LogP contribution in [0, 0.1) is 6.92 Å². The number of pyridine rings is 1. The van der Waals surface area contributed by atoms with Crippen LogP contribution >= 0.6 is 11.3 Å². The van der Waals surface area contributed by atoms with Crippen molar-refractivity contribution in [3.05, 3.63) is 85.9 Å². The van der Waals surface area contributed by atoms with Gasteiger partial charge in [0.1, 0.15) is 0 Å². The number of aromatic nitrogens is 1. The fraction of sp³-hybridized carbons (Fsp3) is 0.385. The van der Waals surface area contributed by atoms with Gasteiger partial charge in [-0.1, -0.05) is 30.3 Å². The lowest BCUT2D eigenvalue weighted by Crippen LogP contribution is -2.37. The van der Waals surface area contributed by atoms with E-state index < -0.39 is 10.0 Å². The number of carbonyl (C=O) groups excluding carboxylic acids is 1. The Labute approximate surface area is 205 Å². The molecule has 8 heteroatoms. The molecule has 0 bridgehead atoms. The smallest absolute Gasteiger partial charge is 0.255 e. The number of hydrogen-bond donors (Lipinski definition) is 1. The molecule has 1 aliphatic heterocycles. The molecule has 0 atom stereocenters. The Balaban J connectivity index is 1.31. The van der Waals surface area contributed by atoms with Crippen molar-refractivity contribution in [1.82, 2.24) is 14.6 Å². The highest BCUT2D eigenvalue weighted by atomic mass is 32.2. The van der Waals surface area contributed by atoms with Crippen LogP contribution in [0.5, 0.6) is 0 Å². The van der Waals surface area contributed by atoms with Gasteiger partial charge in [-0.05, 0) is 66.8 Å². The minimum Gasteiger partial charge on any atom is -0.334 e. The maximum absolute atomic E-state index is 13.3. The summed E-state index contributed by atoms with van der Waals surface area (Å²) in [6, 6.07) is 9.17. The molecule has 1 aliphatic carbocycles. The summed E-state index contributed by atoms with van der Waals surface area (Å²) in [5.41, 5.74) is 6.75. The second-order valence-electron chi connectivity index (χ2n) is 9.13. The summed E-state index contributed by atoms with van der Waals surface area (Å²) in [6.07, 6.45) is 6.99. The fourth-order valence-corrected chi connectivity index (χ4v) is 7.22. The molecule has 0 saturated heterocycles. The Bertz CT molecular complexity index is 1320. The number of nitrogens with zero attached hydrogens (tertiary/aromatic N) is 2. The van der Waals surface area contributed by atoms with Crippen LogP contribution in [0.4, 0.5) is 0 Å². The number of fused-ring (bicyclic) bond motifs is 2. The van der Waals surface area contributed by atoms with E-state index in [-0.39, 0.29) is 18.2 Å². The monoisotopic (exact) mass is 495 g/mol. The average Bonchev–Trinajstić information content (AvgIpc) is 3.27. The highest BCUT2D eigenvalue weighted by Crippen LogP contribution is 2.32. The SMILES string of the molecule is Cc1ncc2c(c1CNS(=O)(=O)Cc1ccccc1)CCN(C(=O)c1csc3c1CCCC3)C2. The van der Waals surface area contributed by atoms with Gasteiger partial charge in [-0.25, -0.2) is 13.1 Å². The molecule has 3 heterocycles. The minimum atomic E-state index is -3.48. The first-order valence-corrected chi connectivity index (χ1v) is 14.3. The zero-order chi connectivity index (χ0) is 23.7. The second kappa shape index (κ2) is 9.60. The molecule has 5 rings (SSSR count). The highest BCUT2D eigenvalue weighted by Gasteiger charge is 2.28. The summed E-state index contributed by atoms with van der Waals surface area (Å²) in [4.78, 5) is 21.2. The van der Waals surface area contributed by atoms with Crippen molar-refractivity contribution in [1.29, 1.82) is 0 Å². The summed E-state index contributed by atoms with van der Waals surface area (Å²) in [5.74, 6) is 0.0542. The number of hydrogen-bond acceptors (Lipinski definition) is 5. The van der Waals surface area contributed by atoms with E-state index in [2.05, 4.69) is 9.71 Å². The van der Waals surface area contributed by atoms with Gasteiger partial charge in [-0.3, -0.25) is 9.78 Å². The van der Waals surface area contributed by atoms with Crippen LogP contribution in [-0.2, 0) is 48.1 Å². The van der Waals surface area contributed by atoms with Crippen LogP contribution in [-0.4, -0.2) is 30.8 Å². The van der Waals surface area contributed by atoms with Gasteiger partial charge in [0.2, 0.25) is 10.0 Å². The van der Waals surface area contributed by atoms with Crippen molar-refractivity contribution in [2.75, 3.05) is 6.54 Å². The number of amides is 1. The number of thiophene rings is 1. The third-order valence-electron chi connectivity index (χ3n) is 6.84. The van der Waals surface area contributed by atoms with E-state index in [1.165, 1.54) is 16.9 Å². The number of nitrogens with one attached hydrogen (secondary N) is 1. The van der Waals surface area contributed by atoms with Crippen molar-refractivity contribution in [3.8, 4) is 0 Å². The Hall–Kier alpha value is -2.55. The van der Waals surface area contributed by atoms with Crippen molar-refractivity contribution in [3.63, 3.8) is 0 Å². The number of carbonyl (C=O) groups is 1. The third-order valence-corrected chi connectivity index (χ3v) is 9.23. The van der Waals surface area contributed by atoms with Crippen LogP contribution in [0.15, 0.2) is 41.9 Å². The molecule has 0 radical (unpaired) electrons. The normalized spacial score (nSPS) is 15.6. The Morgan fingerprint density at radius 2 is 1.91 bits per heavy atom. The van der Waals surface area contributed by atoms with Crippen molar-refractivity contribution in [2.24, 2.45) is 0 Å². The van der Waals surface area contributed by atoms with Gasteiger partial charge in [0.05, 0.1) is 11.3 Å². The van der Waals surface area contributed by atoms with Crippen molar-refractivity contribution < 1.29 is 13.2 Å². The molecule has 2 aliphatic rings. The summed E-state index contributed by atoms with van der Waals surface area (Å²) < 4.78 is 28.1. The van der Waals surface area contributed by atoms with Gasteiger partial charge in [-0.2, -0.15) is 0 Å². The zero-order valence-corrected chi connectivity index (χ0v) is 21.0. The average molecular weight is 496 g/mol. The van der Waals surface area contributed by atoms with Crippen LogP contribution in [0.2, 0.25) is 0 Å². The number of sulfonamides is 1. The lowest BCUT2D eigenvalue weighted by Gasteiger charge is -2.31. The second-order valence-corrected chi connectivity index (χ2v) is 11.9. The van der Waals surface area contributed by atoms with Gasteiger partial charge < -0.3 is 4.90 Å². The molecule has 0 unspecified atom stereocenters. The lowest BCUT2D eigenvalue weighted by atomic mass is 9.93. The quantitative estimate of drug-likeness (QED) is 0.557. The molecule has 6 nitrogen and oxygen atoms in total. The summed E-state index contributed by atoms with van der Waals surface area (Å²) in [6.45, 7) is 3.26. The van der Waals surface area contributed by atoms with Crippen LogP contribution in [0.25, 0.3) is 0 Å². The molecular weight excluding hydrogens is 466 g/mol. The van der Waals surface area contributed by atoms with Gasteiger partial charge >= 0.3 is 0 Å².